The summed E-state index contributed by atoms with van der Waals surface area (Å²) in [6.45, 7) is 6.01. The smallest absolute Gasteiger partial charge is 0.103 e. The zero-order valence-corrected chi connectivity index (χ0v) is 19.0. The number of benzene rings is 1. The Hall–Kier alpha value is -1.58. The topological polar surface area (TPSA) is 56.9 Å². The molecule has 0 bridgehead atoms. The van der Waals surface area contributed by atoms with Crippen molar-refractivity contribution in [2.24, 2.45) is 5.92 Å². The number of halogens is 2. The van der Waals surface area contributed by atoms with E-state index in [1.807, 2.05) is 29.9 Å². The first-order valence-electron chi connectivity index (χ1n) is 10.9. The molecule has 1 aromatic carbocycles. The number of nitrogens with zero attached hydrogens (tertiary/aromatic N) is 4. The Morgan fingerprint density at radius 1 is 1.20 bits per heavy atom. The van der Waals surface area contributed by atoms with Gasteiger partial charge in [-0.1, -0.05) is 35.3 Å². The molecule has 1 saturated carbocycles. The van der Waals surface area contributed by atoms with Crippen molar-refractivity contribution < 1.29 is 0 Å². The van der Waals surface area contributed by atoms with Gasteiger partial charge in [0.25, 0.3) is 0 Å². The maximum Gasteiger partial charge on any atom is 0.103 e. The second kappa shape index (κ2) is 9.70. The van der Waals surface area contributed by atoms with Gasteiger partial charge in [-0.3, -0.25) is 9.58 Å². The molecule has 1 atom stereocenters. The van der Waals surface area contributed by atoms with E-state index in [1.54, 1.807) is 0 Å². The lowest BCUT2D eigenvalue weighted by atomic mass is 9.80. The lowest BCUT2D eigenvalue weighted by Crippen LogP contribution is -2.45. The molecule has 0 spiro atoms. The Balaban J connectivity index is 1.46. The van der Waals surface area contributed by atoms with Crippen LogP contribution in [0.5, 0.6) is 0 Å². The fourth-order valence-electron chi connectivity index (χ4n) is 4.98. The second-order valence-corrected chi connectivity index (χ2v) is 9.36. The number of nitriles is 1. The normalized spacial score (nSPS) is 23.8. The highest BCUT2D eigenvalue weighted by Gasteiger charge is 2.30. The van der Waals surface area contributed by atoms with Crippen LogP contribution >= 0.6 is 23.2 Å². The number of hydrogen-bond donors (Lipinski definition) is 1. The number of nitrogens with one attached hydrogen (secondary N) is 1. The first-order valence-corrected chi connectivity index (χ1v) is 11.7. The Bertz CT molecular complexity index is 905. The van der Waals surface area contributed by atoms with Gasteiger partial charge in [0.1, 0.15) is 6.07 Å². The minimum absolute atomic E-state index is 0.303. The average Bonchev–Trinajstić information content (AvgIpc) is 3.16. The minimum Gasteiger partial charge on any atom is -0.314 e. The molecule has 1 aliphatic heterocycles. The third-order valence-corrected chi connectivity index (χ3v) is 7.55. The van der Waals surface area contributed by atoms with Gasteiger partial charge < -0.3 is 5.32 Å². The highest BCUT2D eigenvalue weighted by Crippen LogP contribution is 2.41. The summed E-state index contributed by atoms with van der Waals surface area (Å²) in [6, 6.07) is 8.96. The molecule has 5 nitrogen and oxygen atoms in total. The SMILES string of the molecule is Cc1nn(C2CCC(CC(c3cccc(Cl)c3Cl)N3CCNCC3)CC2)cc1C#N. The monoisotopic (exact) mass is 445 g/mol. The van der Waals surface area contributed by atoms with E-state index in [1.165, 1.54) is 12.8 Å². The van der Waals surface area contributed by atoms with Gasteiger partial charge in [0, 0.05) is 38.4 Å². The van der Waals surface area contributed by atoms with Gasteiger partial charge in [-0.05, 0) is 56.6 Å². The number of aryl methyl sites for hydroxylation is 1. The van der Waals surface area contributed by atoms with E-state index in [-0.39, 0.29) is 0 Å². The summed E-state index contributed by atoms with van der Waals surface area (Å²) in [7, 11) is 0. The zero-order chi connectivity index (χ0) is 21.1. The third-order valence-electron chi connectivity index (χ3n) is 6.72. The van der Waals surface area contributed by atoms with E-state index in [4.69, 9.17) is 23.2 Å². The quantitative estimate of drug-likeness (QED) is 0.691. The summed E-state index contributed by atoms with van der Waals surface area (Å²) in [4.78, 5) is 2.57. The first kappa shape index (κ1) is 21.6. The Labute approximate surface area is 189 Å². The van der Waals surface area contributed by atoms with E-state index >= 15 is 0 Å². The van der Waals surface area contributed by atoms with Crippen molar-refractivity contribution in [1.82, 2.24) is 20.0 Å². The van der Waals surface area contributed by atoms with Crippen LogP contribution in [0.25, 0.3) is 0 Å². The fourth-order valence-corrected chi connectivity index (χ4v) is 5.42. The van der Waals surface area contributed by atoms with Gasteiger partial charge >= 0.3 is 0 Å². The molecule has 1 aliphatic carbocycles. The van der Waals surface area contributed by atoms with E-state index in [0.29, 0.717) is 33.6 Å². The van der Waals surface area contributed by atoms with Crippen molar-refractivity contribution in [1.29, 1.82) is 5.26 Å². The Morgan fingerprint density at radius 2 is 1.93 bits per heavy atom. The Morgan fingerprint density at radius 3 is 2.60 bits per heavy atom. The summed E-state index contributed by atoms with van der Waals surface area (Å²) < 4.78 is 2.02. The number of hydrogen-bond acceptors (Lipinski definition) is 4. The highest BCUT2D eigenvalue weighted by molar-refractivity contribution is 6.42. The molecule has 7 heteroatoms. The van der Waals surface area contributed by atoms with Crippen molar-refractivity contribution in [3.8, 4) is 6.07 Å². The highest BCUT2D eigenvalue weighted by atomic mass is 35.5. The van der Waals surface area contributed by atoms with Crippen molar-refractivity contribution in [3.05, 3.63) is 51.3 Å². The number of piperazine rings is 1. The van der Waals surface area contributed by atoms with Gasteiger partial charge in [-0.15, -0.1) is 0 Å². The molecule has 30 heavy (non-hydrogen) atoms. The molecule has 2 aliphatic rings. The molecule has 1 saturated heterocycles. The Kier molecular flexibility index (Phi) is 7.00. The molecular weight excluding hydrogens is 417 g/mol. The average molecular weight is 446 g/mol. The van der Waals surface area contributed by atoms with Gasteiger partial charge in [0.2, 0.25) is 0 Å². The van der Waals surface area contributed by atoms with Gasteiger partial charge in [-0.25, -0.2) is 0 Å². The molecule has 160 valence electrons. The van der Waals surface area contributed by atoms with Gasteiger partial charge in [-0.2, -0.15) is 10.4 Å². The molecule has 4 rings (SSSR count). The summed E-state index contributed by atoms with van der Waals surface area (Å²) in [5, 5.41) is 18.6. The zero-order valence-electron chi connectivity index (χ0n) is 17.5. The van der Waals surface area contributed by atoms with Crippen LogP contribution in [-0.4, -0.2) is 40.9 Å². The molecule has 0 amide bonds. The molecule has 1 N–H and O–H groups in total. The van der Waals surface area contributed by atoms with Gasteiger partial charge in [0.15, 0.2) is 0 Å². The predicted molar refractivity (Wildman–Crippen MR) is 121 cm³/mol. The molecule has 0 radical (unpaired) electrons. The molecule has 1 aromatic heterocycles. The molecule has 2 fully saturated rings. The van der Waals surface area contributed by atoms with Crippen molar-refractivity contribution in [2.45, 2.75) is 51.1 Å². The van der Waals surface area contributed by atoms with Crippen LogP contribution in [-0.2, 0) is 0 Å². The van der Waals surface area contributed by atoms with Crippen molar-refractivity contribution in [3.63, 3.8) is 0 Å². The maximum absolute atomic E-state index is 9.21. The lowest BCUT2D eigenvalue weighted by Gasteiger charge is -2.39. The first-order chi connectivity index (χ1) is 14.6. The predicted octanol–water partition coefficient (Wildman–Crippen LogP) is 5.14. The molecule has 2 aromatic rings. The van der Waals surface area contributed by atoms with Crippen LogP contribution in [0.2, 0.25) is 10.0 Å². The van der Waals surface area contributed by atoms with Crippen LogP contribution < -0.4 is 5.32 Å². The minimum atomic E-state index is 0.303. The molecular formula is C23H29Cl2N5. The van der Waals surface area contributed by atoms with E-state index < -0.39 is 0 Å². The summed E-state index contributed by atoms with van der Waals surface area (Å²) in [6.07, 6.45) is 7.57. The van der Waals surface area contributed by atoms with Crippen LogP contribution in [0.15, 0.2) is 24.4 Å². The summed E-state index contributed by atoms with van der Waals surface area (Å²) in [5.41, 5.74) is 2.68. The van der Waals surface area contributed by atoms with E-state index in [9.17, 15) is 5.26 Å². The molecule has 1 unspecified atom stereocenters. The number of aromatic nitrogens is 2. The van der Waals surface area contributed by atoms with Crippen LogP contribution in [0.4, 0.5) is 0 Å². The largest absolute Gasteiger partial charge is 0.314 e. The standard InChI is InChI=1S/C23H29Cl2N5/c1-16-18(14-26)15-30(28-16)19-7-5-17(6-8-19)13-22(29-11-9-27-10-12-29)20-3-2-4-21(24)23(20)25/h2-4,15,17,19,22,27H,5-13H2,1H3. The van der Waals surface area contributed by atoms with Crippen LogP contribution in [0, 0.1) is 24.2 Å². The van der Waals surface area contributed by atoms with Crippen molar-refractivity contribution >= 4 is 23.2 Å². The lowest BCUT2D eigenvalue weighted by molar-refractivity contribution is 0.132. The number of rotatable bonds is 5. The van der Waals surface area contributed by atoms with E-state index in [0.717, 1.165) is 56.7 Å². The summed E-state index contributed by atoms with van der Waals surface area (Å²) in [5.74, 6) is 0.656. The third kappa shape index (κ3) is 4.68. The fraction of sp³-hybridized carbons (Fsp3) is 0.565. The molecule has 2 heterocycles. The maximum atomic E-state index is 9.21. The van der Waals surface area contributed by atoms with Gasteiger partial charge in [0.05, 0.1) is 27.3 Å². The summed E-state index contributed by atoms with van der Waals surface area (Å²) >= 11 is 13.0. The van der Waals surface area contributed by atoms with Crippen LogP contribution in [0.3, 0.4) is 0 Å². The van der Waals surface area contributed by atoms with E-state index in [2.05, 4.69) is 27.5 Å². The van der Waals surface area contributed by atoms with Crippen molar-refractivity contribution in [2.75, 3.05) is 26.2 Å². The van der Waals surface area contributed by atoms with Crippen LogP contribution in [0.1, 0.15) is 61.0 Å². The second-order valence-electron chi connectivity index (χ2n) is 8.58.